The van der Waals surface area contributed by atoms with Crippen LogP contribution in [0.15, 0.2) is 36.9 Å². The quantitative estimate of drug-likeness (QED) is 0.692. The van der Waals surface area contributed by atoms with Gasteiger partial charge in [-0.1, -0.05) is 0 Å². The van der Waals surface area contributed by atoms with Crippen LogP contribution in [0.2, 0.25) is 0 Å². The lowest BCUT2D eigenvalue weighted by Gasteiger charge is -2.28. The fourth-order valence-corrected chi connectivity index (χ4v) is 3.81. The van der Waals surface area contributed by atoms with E-state index in [0.29, 0.717) is 34.6 Å². The lowest BCUT2D eigenvalue weighted by Crippen LogP contribution is -2.44. The Balaban J connectivity index is 1.47. The first-order valence-corrected chi connectivity index (χ1v) is 8.94. The summed E-state index contributed by atoms with van der Waals surface area (Å²) in [6.07, 6.45) is 5.28. The molecule has 2 fully saturated rings. The smallest absolute Gasteiger partial charge is 0.387 e. The Morgan fingerprint density at radius 1 is 1.25 bits per heavy atom. The molecule has 2 atom stereocenters. The van der Waals surface area contributed by atoms with Crippen molar-refractivity contribution in [3.05, 3.63) is 36.9 Å². The molecule has 0 amide bonds. The maximum Gasteiger partial charge on any atom is 0.387 e. The van der Waals surface area contributed by atoms with Crippen molar-refractivity contribution in [3.8, 4) is 5.75 Å². The highest BCUT2D eigenvalue weighted by molar-refractivity contribution is 5.88. The van der Waals surface area contributed by atoms with E-state index in [2.05, 4.69) is 35.2 Å². The Morgan fingerprint density at radius 3 is 2.96 bits per heavy atom. The third kappa shape index (κ3) is 3.15. The molecule has 0 unspecified atom stereocenters. The zero-order chi connectivity index (χ0) is 19.1. The number of hydrogen-bond donors (Lipinski definition) is 2. The third-order valence-electron chi connectivity index (χ3n) is 5.02. The summed E-state index contributed by atoms with van der Waals surface area (Å²) in [5, 5.41) is 6.56. The van der Waals surface area contributed by atoms with E-state index in [1.54, 1.807) is 0 Å². The number of rotatable bonds is 5. The van der Waals surface area contributed by atoms with E-state index < -0.39 is 6.61 Å². The molecule has 0 aromatic carbocycles. The maximum atomic E-state index is 12.4. The molecule has 5 rings (SSSR count). The predicted octanol–water partition coefficient (Wildman–Crippen LogP) is 2.32. The molecule has 2 aliphatic heterocycles. The molecule has 2 bridgehead atoms. The maximum absolute atomic E-state index is 12.4. The number of alkyl halides is 2. The number of pyridine rings is 2. The molecule has 2 saturated heterocycles. The summed E-state index contributed by atoms with van der Waals surface area (Å²) >= 11 is 0. The van der Waals surface area contributed by atoms with E-state index in [1.165, 1.54) is 24.8 Å². The molecule has 10 heteroatoms. The molecular formula is C18H17F2N7O. The molecule has 0 radical (unpaired) electrons. The number of nitrogens with zero attached hydrogens (tertiary/aromatic N) is 5. The average Bonchev–Trinajstić information content (AvgIpc) is 3.31. The number of piperazine rings is 1. The van der Waals surface area contributed by atoms with Crippen molar-refractivity contribution in [2.75, 3.05) is 23.3 Å². The first-order valence-electron chi connectivity index (χ1n) is 8.94. The van der Waals surface area contributed by atoms with Gasteiger partial charge in [-0.05, 0) is 18.6 Å². The van der Waals surface area contributed by atoms with Crippen LogP contribution in [0, 0.1) is 0 Å². The molecule has 28 heavy (non-hydrogen) atoms. The Morgan fingerprint density at radius 2 is 2.18 bits per heavy atom. The summed E-state index contributed by atoms with van der Waals surface area (Å²) in [5.41, 5.74) is 1.77. The van der Waals surface area contributed by atoms with Crippen LogP contribution < -0.4 is 20.3 Å². The average molecular weight is 385 g/mol. The number of anilines is 3. The van der Waals surface area contributed by atoms with Crippen LogP contribution in [0.3, 0.4) is 0 Å². The van der Waals surface area contributed by atoms with Crippen LogP contribution in [-0.4, -0.2) is 51.7 Å². The van der Waals surface area contributed by atoms with Gasteiger partial charge in [-0.25, -0.2) is 15.0 Å². The van der Waals surface area contributed by atoms with Crippen LogP contribution in [-0.2, 0) is 0 Å². The lowest BCUT2D eigenvalue weighted by molar-refractivity contribution is -0.0500. The van der Waals surface area contributed by atoms with Crippen molar-refractivity contribution in [3.63, 3.8) is 0 Å². The van der Waals surface area contributed by atoms with Crippen molar-refractivity contribution in [2.24, 2.45) is 0 Å². The highest BCUT2D eigenvalue weighted by Crippen LogP contribution is 2.31. The Hall–Kier alpha value is -3.14. The molecule has 2 aliphatic rings. The Bertz CT molecular complexity index is 1020. The molecule has 5 heterocycles. The zero-order valence-electron chi connectivity index (χ0n) is 14.7. The summed E-state index contributed by atoms with van der Waals surface area (Å²) < 4.78 is 29.3. The normalized spacial score (nSPS) is 20.9. The van der Waals surface area contributed by atoms with E-state index in [9.17, 15) is 8.78 Å². The van der Waals surface area contributed by atoms with E-state index in [4.69, 9.17) is 4.98 Å². The first-order chi connectivity index (χ1) is 13.7. The van der Waals surface area contributed by atoms with Gasteiger partial charge in [0.25, 0.3) is 0 Å². The topological polar surface area (TPSA) is 88.1 Å². The number of fused-ring (bicyclic) bond motifs is 3. The molecule has 3 aromatic heterocycles. The van der Waals surface area contributed by atoms with Gasteiger partial charge in [-0.15, -0.1) is 0 Å². The second-order valence-corrected chi connectivity index (χ2v) is 6.82. The highest BCUT2D eigenvalue weighted by Gasteiger charge is 2.38. The lowest BCUT2D eigenvalue weighted by atomic mass is 10.2. The van der Waals surface area contributed by atoms with Crippen LogP contribution in [0.25, 0.3) is 11.0 Å². The fourth-order valence-electron chi connectivity index (χ4n) is 3.81. The first kappa shape index (κ1) is 17.0. The van der Waals surface area contributed by atoms with Crippen molar-refractivity contribution in [2.45, 2.75) is 25.1 Å². The van der Waals surface area contributed by atoms with Gasteiger partial charge in [-0.3, -0.25) is 4.98 Å². The monoisotopic (exact) mass is 385 g/mol. The van der Waals surface area contributed by atoms with Crippen molar-refractivity contribution in [1.29, 1.82) is 0 Å². The number of nitrogens with one attached hydrogen (secondary N) is 2. The standard InChI is InChI=1S/C18H17F2N7O/c19-18(20)28-13-4-10(5-21-7-13)25-17-16-14(23-9-24-17)1-2-15(26-16)27-8-11-3-12(27)6-22-11/h1-2,4-5,7,9,11-12,18,22H,3,6,8H2,(H,23,24,25)/t11-,12-/m0/s1. The molecule has 3 aromatic rings. The third-order valence-corrected chi connectivity index (χ3v) is 5.02. The van der Waals surface area contributed by atoms with Gasteiger partial charge in [0.2, 0.25) is 0 Å². The minimum Gasteiger partial charge on any atom is -0.433 e. The molecule has 0 aliphatic carbocycles. The zero-order valence-corrected chi connectivity index (χ0v) is 14.7. The van der Waals surface area contributed by atoms with Gasteiger partial charge in [0.05, 0.1) is 23.6 Å². The van der Waals surface area contributed by atoms with E-state index in [-0.39, 0.29) is 5.75 Å². The Labute approximate surface area is 159 Å². The van der Waals surface area contributed by atoms with Gasteiger partial charge in [0, 0.05) is 31.2 Å². The molecule has 2 N–H and O–H groups in total. The number of hydrogen-bond acceptors (Lipinski definition) is 8. The minimum atomic E-state index is -2.91. The number of ether oxygens (including phenoxy) is 1. The second-order valence-electron chi connectivity index (χ2n) is 6.82. The molecule has 0 spiro atoms. The van der Waals surface area contributed by atoms with Gasteiger partial charge >= 0.3 is 6.61 Å². The van der Waals surface area contributed by atoms with E-state index in [0.717, 1.165) is 25.3 Å². The summed E-state index contributed by atoms with van der Waals surface area (Å²) in [6, 6.07) is 6.28. The molecule has 0 saturated carbocycles. The molecule has 144 valence electrons. The highest BCUT2D eigenvalue weighted by atomic mass is 19.3. The minimum absolute atomic E-state index is 0.0346. The van der Waals surface area contributed by atoms with E-state index in [1.807, 2.05) is 12.1 Å². The molecular weight excluding hydrogens is 368 g/mol. The van der Waals surface area contributed by atoms with Crippen molar-refractivity contribution < 1.29 is 13.5 Å². The SMILES string of the molecule is FC(F)Oc1cncc(Nc2ncnc3ccc(N4C[C@@H]5C[C@H]4CN5)nc23)c1. The Kier molecular flexibility index (Phi) is 4.12. The number of aromatic nitrogens is 4. The largest absolute Gasteiger partial charge is 0.433 e. The second kappa shape index (κ2) is 6.79. The van der Waals surface area contributed by atoms with E-state index >= 15 is 0 Å². The number of halogens is 2. The van der Waals surface area contributed by atoms with Crippen molar-refractivity contribution >= 4 is 28.4 Å². The summed E-state index contributed by atoms with van der Waals surface area (Å²) in [6.45, 7) is -1.02. The summed E-state index contributed by atoms with van der Waals surface area (Å²) in [7, 11) is 0. The van der Waals surface area contributed by atoms with Crippen LogP contribution in [0.5, 0.6) is 5.75 Å². The van der Waals surface area contributed by atoms with Crippen LogP contribution in [0.1, 0.15) is 6.42 Å². The fraction of sp³-hybridized carbons (Fsp3) is 0.333. The van der Waals surface area contributed by atoms with Gasteiger partial charge in [0.15, 0.2) is 5.82 Å². The summed E-state index contributed by atoms with van der Waals surface area (Å²) in [5.74, 6) is 1.32. The molecule has 8 nitrogen and oxygen atoms in total. The van der Waals surface area contributed by atoms with Crippen LogP contribution >= 0.6 is 0 Å². The van der Waals surface area contributed by atoms with Crippen molar-refractivity contribution in [1.82, 2.24) is 25.3 Å². The van der Waals surface area contributed by atoms with Gasteiger partial charge in [0.1, 0.15) is 23.4 Å². The van der Waals surface area contributed by atoms with Gasteiger partial charge < -0.3 is 20.3 Å². The predicted molar refractivity (Wildman–Crippen MR) is 99.0 cm³/mol. The summed E-state index contributed by atoms with van der Waals surface area (Å²) in [4.78, 5) is 19.6. The van der Waals surface area contributed by atoms with Gasteiger partial charge in [-0.2, -0.15) is 8.78 Å². The van der Waals surface area contributed by atoms with Crippen LogP contribution in [0.4, 0.5) is 26.1 Å².